The van der Waals surface area contributed by atoms with E-state index in [-0.39, 0.29) is 23.0 Å². The minimum Gasteiger partial charge on any atom is -0.481 e. The Balaban J connectivity index is 2.11. The van der Waals surface area contributed by atoms with Crippen LogP contribution in [-0.2, 0) is 9.59 Å². The second-order valence-electron chi connectivity index (χ2n) is 7.12. The quantitative estimate of drug-likeness (QED) is 0.776. The summed E-state index contributed by atoms with van der Waals surface area (Å²) in [7, 11) is 0. The van der Waals surface area contributed by atoms with Crippen molar-refractivity contribution in [3.8, 4) is 0 Å². The molecule has 0 amide bonds. The zero-order valence-electron chi connectivity index (χ0n) is 11.2. The van der Waals surface area contributed by atoms with Crippen molar-refractivity contribution in [1.82, 2.24) is 0 Å². The lowest BCUT2D eigenvalue weighted by Gasteiger charge is -2.25. The standard InChI is InChI=1S/C15H20O3/c1-8-10-7-14(2,3)5-9-6-15(9,13(17)18)11(10)4-12(8)16/h9,11H,4-7H2,1-3H3,(H,17,18). The average Bonchev–Trinajstić information content (AvgIpc) is 2.89. The summed E-state index contributed by atoms with van der Waals surface area (Å²) in [5.41, 5.74) is 1.50. The highest BCUT2D eigenvalue weighted by molar-refractivity contribution is 6.00. The van der Waals surface area contributed by atoms with E-state index >= 15 is 0 Å². The molecule has 3 aliphatic carbocycles. The summed E-state index contributed by atoms with van der Waals surface area (Å²) in [5.74, 6) is -0.269. The Labute approximate surface area is 107 Å². The van der Waals surface area contributed by atoms with E-state index in [1.54, 1.807) is 0 Å². The first-order chi connectivity index (χ1) is 8.28. The minimum atomic E-state index is -0.685. The zero-order valence-corrected chi connectivity index (χ0v) is 11.2. The maximum absolute atomic E-state index is 11.9. The van der Waals surface area contributed by atoms with Crippen molar-refractivity contribution in [2.75, 3.05) is 0 Å². The van der Waals surface area contributed by atoms with E-state index in [0.29, 0.717) is 6.42 Å². The van der Waals surface area contributed by atoms with Gasteiger partial charge in [-0.2, -0.15) is 0 Å². The lowest BCUT2D eigenvalue weighted by Crippen LogP contribution is -2.27. The smallest absolute Gasteiger partial charge is 0.310 e. The fourth-order valence-electron chi connectivity index (χ4n) is 4.35. The Bertz CT molecular complexity index is 486. The highest BCUT2D eigenvalue weighted by Crippen LogP contribution is 2.69. The molecule has 3 rings (SSSR count). The Morgan fingerprint density at radius 1 is 1.33 bits per heavy atom. The summed E-state index contributed by atoms with van der Waals surface area (Å²) in [5, 5.41) is 9.62. The average molecular weight is 248 g/mol. The number of carboxylic acid groups (broad SMARTS) is 1. The van der Waals surface area contributed by atoms with Crippen molar-refractivity contribution in [3.05, 3.63) is 11.1 Å². The second kappa shape index (κ2) is 3.25. The van der Waals surface area contributed by atoms with E-state index in [9.17, 15) is 14.7 Å². The van der Waals surface area contributed by atoms with Gasteiger partial charge in [-0.25, -0.2) is 0 Å². The number of carbonyl (C=O) groups is 2. The summed E-state index contributed by atoms with van der Waals surface area (Å²) in [6.45, 7) is 6.28. The Morgan fingerprint density at radius 3 is 2.61 bits per heavy atom. The van der Waals surface area contributed by atoms with Crippen LogP contribution in [0.25, 0.3) is 0 Å². The highest BCUT2D eigenvalue weighted by atomic mass is 16.4. The number of ketones is 1. The Kier molecular flexibility index (Phi) is 2.16. The summed E-state index contributed by atoms with van der Waals surface area (Å²) in [6.07, 6.45) is 3.06. The van der Waals surface area contributed by atoms with Crippen LogP contribution in [0.5, 0.6) is 0 Å². The third-order valence-corrected chi connectivity index (χ3v) is 5.35. The van der Waals surface area contributed by atoms with Gasteiger partial charge in [0.2, 0.25) is 0 Å². The van der Waals surface area contributed by atoms with E-state index in [0.717, 1.165) is 30.4 Å². The van der Waals surface area contributed by atoms with Gasteiger partial charge in [-0.05, 0) is 43.1 Å². The van der Waals surface area contributed by atoms with Crippen molar-refractivity contribution in [1.29, 1.82) is 0 Å². The van der Waals surface area contributed by atoms with Crippen molar-refractivity contribution in [2.24, 2.45) is 22.7 Å². The number of fused-ring (bicyclic) bond motifs is 3. The predicted octanol–water partition coefficient (Wildman–Crippen LogP) is 2.80. The van der Waals surface area contributed by atoms with Gasteiger partial charge in [0.1, 0.15) is 0 Å². The highest BCUT2D eigenvalue weighted by Gasteiger charge is 2.68. The van der Waals surface area contributed by atoms with Crippen LogP contribution in [0.2, 0.25) is 0 Å². The van der Waals surface area contributed by atoms with Gasteiger partial charge in [0.05, 0.1) is 5.41 Å². The predicted molar refractivity (Wildman–Crippen MR) is 67.0 cm³/mol. The number of hydrogen-bond acceptors (Lipinski definition) is 2. The van der Waals surface area contributed by atoms with Crippen LogP contribution >= 0.6 is 0 Å². The first-order valence-corrected chi connectivity index (χ1v) is 6.74. The van der Waals surface area contributed by atoms with E-state index < -0.39 is 11.4 Å². The molecule has 0 spiro atoms. The number of Topliss-reactive ketones (excluding diaryl/α,β-unsaturated/α-hetero) is 1. The van der Waals surface area contributed by atoms with Gasteiger partial charge < -0.3 is 5.11 Å². The molecule has 0 aliphatic heterocycles. The summed E-state index contributed by atoms with van der Waals surface area (Å²) < 4.78 is 0. The molecular weight excluding hydrogens is 228 g/mol. The molecule has 3 nitrogen and oxygen atoms in total. The molecule has 3 atom stereocenters. The lowest BCUT2D eigenvalue weighted by atomic mass is 9.79. The third kappa shape index (κ3) is 1.36. The molecule has 0 aromatic heterocycles. The van der Waals surface area contributed by atoms with Gasteiger partial charge in [0.15, 0.2) is 5.78 Å². The Hall–Kier alpha value is -1.12. The molecule has 98 valence electrons. The van der Waals surface area contributed by atoms with Crippen molar-refractivity contribution in [3.63, 3.8) is 0 Å². The number of rotatable bonds is 1. The minimum absolute atomic E-state index is 0.0192. The van der Waals surface area contributed by atoms with Gasteiger partial charge >= 0.3 is 5.97 Å². The monoisotopic (exact) mass is 248 g/mol. The van der Waals surface area contributed by atoms with Crippen LogP contribution in [0.4, 0.5) is 0 Å². The molecule has 0 heterocycles. The first kappa shape index (κ1) is 11.9. The van der Waals surface area contributed by atoms with Crippen LogP contribution in [0.3, 0.4) is 0 Å². The van der Waals surface area contributed by atoms with Gasteiger partial charge in [-0.15, -0.1) is 0 Å². The fraction of sp³-hybridized carbons (Fsp3) is 0.733. The van der Waals surface area contributed by atoms with Crippen LogP contribution in [0.1, 0.15) is 46.5 Å². The number of allylic oxidation sites excluding steroid dienone is 2. The lowest BCUT2D eigenvalue weighted by molar-refractivity contribution is -0.145. The fourth-order valence-corrected chi connectivity index (χ4v) is 4.35. The van der Waals surface area contributed by atoms with E-state index in [4.69, 9.17) is 0 Å². The summed E-state index contributed by atoms with van der Waals surface area (Å²) in [6, 6.07) is 0. The van der Waals surface area contributed by atoms with Crippen molar-refractivity contribution < 1.29 is 14.7 Å². The molecular formula is C15H20O3. The molecule has 1 N–H and O–H groups in total. The van der Waals surface area contributed by atoms with Crippen molar-refractivity contribution in [2.45, 2.75) is 46.5 Å². The number of carboxylic acids is 1. The zero-order chi connectivity index (χ0) is 13.3. The van der Waals surface area contributed by atoms with Crippen LogP contribution < -0.4 is 0 Å². The molecule has 0 bridgehead atoms. The topological polar surface area (TPSA) is 54.4 Å². The largest absolute Gasteiger partial charge is 0.481 e. The summed E-state index contributed by atoms with van der Waals surface area (Å²) >= 11 is 0. The second-order valence-corrected chi connectivity index (χ2v) is 7.12. The van der Waals surface area contributed by atoms with Crippen LogP contribution in [0, 0.1) is 22.7 Å². The number of aliphatic carboxylic acids is 1. The molecule has 18 heavy (non-hydrogen) atoms. The van der Waals surface area contributed by atoms with E-state index in [2.05, 4.69) is 13.8 Å². The normalized spacial score (nSPS) is 41.2. The molecule has 2 saturated carbocycles. The van der Waals surface area contributed by atoms with Crippen LogP contribution in [-0.4, -0.2) is 16.9 Å². The first-order valence-electron chi connectivity index (χ1n) is 6.74. The number of carbonyl (C=O) groups excluding carboxylic acids is 1. The van der Waals surface area contributed by atoms with E-state index in [1.807, 2.05) is 6.92 Å². The van der Waals surface area contributed by atoms with E-state index in [1.165, 1.54) is 0 Å². The molecule has 0 saturated heterocycles. The SMILES string of the molecule is CC1=C2CC(C)(C)CC3CC3(C(=O)O)C2CC1=O. The summed E-state index contributed by atoms with van der Waals surface area (Å²) in [4.78, 5) is 23.6. The molecule has 0 radical (unpaired) electrons. The molecule has 3 unspecified atom stereocenters. The van der Waals surface area contributed by atoms with Gasteiger partial charge in [0.25, 0.3) is 0 Å². The molecule has 0 aromatic carbocycles. The molecule has 2 fully saturated rings. The van der Waals surface area contributed by atoms with Gasteiger partial charge in [0, 0.05) is 12.3 Å². The number of hydrogen-bond donors (Lipinski definition) is 1. The molecule has 3 aliphatic rings. The molecule has 0 aromatic rings. The van der Waals surface area contributed by atoms with Crippen molar-refractivity contribution >= 4 is 11.8 Å². The third-order valence-electron chi connectivity index (χ3n) is 5.35. The Morgan fingerprint density at radius 2 is 2.00 bits per heavy atom. The van der Waals surface area contributed by atoms with Gasteiger partial charge in [-0.3, -0.25) is 9.59 Å². The molecule has 3 heteroatoms. The maximum Gasteiger partial charge on any atom is 0.310 e. The van der Waals surface area contributed by atoms with Crippen LogP contribution in [0.15, 0.2) is 11.1 Å². The maximum atomic E-state index is 11.9. The van der Waals surface area contributed by atoms with Gasteiger partial charge in [-0.1, -0.05) is 19.4 Å².